The molecule has 22 heavy (non-hydrogen) atoms. The first kappa shape index (κ1) is 16.4. The molecule has 122 valence electrons. The van der Waals surface area contributed by atoms with Gasteiger partial charge in [0.05, 0.1) is 7.11 Å². The normalized spacial score (nSPS) is 19.0. The number of aromatic nitrogens is 1. The van der Waals surface area contributed by atoms with Crippen LogP contribution in [0.25, 0.3) is 0 Å². The van der Waals surface area contributed by atoms with Crippen molar-refractivity contribution >= 4 is 11.9 Å². The summed E-state index contributed by atoms with van der Waals surface area (Å²) in [7, 11) is 1.61. The van der Waals surface area contributed by atoms with Crippen LogP contribution in [-0.4, -0.2) is 54.4 Å². The molecule has 1 atom stereocenters. The van der Waals surface area contributed by atoms with Crippen molar-refractivity contribution in [3.63, 3.8) is 0 Å². The van der Waals surface area contributed by atoms with Crippen LogP contribution in [0.4, 0.5) is 10.6 Å². The van der Waals surface area contributed by atoms with Gasteiger partial charge in [0.25, 0.3) is 0 Å². The minimum atomic E-state index is -0.470. The Hall–Kier alpha value is -1.98. The molecule has 0 unspecified atom stereocenters. The maximum atomic E-state index is 12.2. The Labute approximate surface area is 132 Å². The molecule has 0 saturated carbocycles. The first-order valence-electron chi connectivity index (χ1n) is 7.56. The number of carbonyl (C=O) groups excluding carboxylic acids is 1. The SMILES string of the molecule is COc1cccc(N2CCN(C(=O)OC(C)(C)C)[C@H](C)C2)n1. The average Bonchev–Trinajstić information content (AvgIpc) is 2.45. The fourth-order valence-corrected chi connectivity index (χ4v) is 2.45. The molecule has 0 radical (unpaired) electrons. The number of methoxy groups -OCH3 is 1. The number of ether oxygens (including phenoxy) is 2. The number of anilines is 1. The van der Waals surface area contributed by atoms with Crippen molar-refractivity contribution in [3.8, 4) is 5.88 Å². The average molecular weight is 307 g/mol. The predicted molar refractivity (Wildman–Crippen MR) is 85.4 cm³/mol. The van der Waals surface area contributed by atoms with Gasteiger partial charge in [-0.05, 0) is 33.8 Å². The molecule has 2 heterocycles. The minimum Gasteiger partial charge on any atom is -0.481 e. The van der Waals surface area contributed by atoms with Gasteiger partial charge in [-0.25, -0.2) is 4.79 Å². The Bertz CT molecular complexity index is 528. The number of hydrogen-bond donors (Lipinski definition) is 0. The summed E-state index contributed by atoms with van der Waals surface area (Å²) in [6.45, 7) is 9.73. The van der Waals surface area contributed by atoms with Crippen LogP contribution in [0.5, 0.6) is 5.88 Å². The molecule has 1 aromatic rings. The Kier molecular flexibility index (Phi) is 4.78. The van der Waals surface area contributed by atoms with Crippen LogP contribution in [0.1, 0.15) is 27.7 Å². The van der Waals surface area contributed by atoms with Gasteiger partial charge in [-0.1, -0.05) is 6.07 Å². The van der Waals surface area contributed by atoms with Crippen molar-refractivity contribution in [2.45, 2.75) is 39.3 Å². The highest BCUT2D eigenvalue weighted by molar-refractivity contribution is 5.69. The Morgan fingerprint density at radius 2 is 2.05 bits per heavy atom. The van der Waals surface area contributed by atoms with Gasteiger partial charge in [-0.2, -0.15) is 4.98 Å². The van der Waals surface area contributed by atoms with Crippen LogP contribution in [0.3, 0.4) is 0 Å². The van der Waals surface area contributed by atoms with E-state index in [1.54, 1.807) is 12.0 Å². The molecular weight excluding hydrogens is 282 g/mol. The second-order valence-electron chi connectivity index (χ2n) is 6.51. The number of rotatable bonds is 2. The van der Waals surface area contributed by atoms with Gasteiger partial charge < -0.3 is 19.3 Å². The molecular formula is C16H25N3O3. The van der Waals surface area contributed by atoms with Crippen molar-refractivity contribution in [1.82, 2.24) is 9.88 Å². The van der Waals surface area contributed by atoms with Crippen molar-refractivity contribution < 1.29 is 14.3 Å². The third kappa shape index (κ3) is 4.02. The fraction of sp³-hybridized carbons (Fsp3) is 0.625. The smallest absolute Gasteiger partial charge is 0.410 e. The van der Waals surface area contributed by atoms with E-state index in [4.69, 9.17) is 9.47 Å². The Morgan fingerprint density at radius 3 is 2.64 bits per heavy atom. The second-order valence-corrected chi connectivity index (χ2v) is 6.51. The molecule has 0 spiro atoms. The van der Waals surface area contributed by atoms with E-state index in [-0.39, 0.29) is 12.1 Å². The molecule has 2 rings (SSSR count). The largest absolute Gasteiger partial charge is 0.481 e. The van der Waals surface area contributed by atoms with E-state index in [9.17, 15) is 4.79 Å². The predicted octanol–water partition coefficient (Wildman–Crippen LogP) is 2.54. The van der Waals surface area contributed by atoms with Crippen molar-refractivity contribution in [2.24, 2.45) is 0 Å². The summed E-state index contributed by atoms with van der Waals surface area (Å²) in [6, 6.07) is 5.77. The highest BCUT2D eigenvalue weighted by atomic mass is 16.6. The number of piperazine rings is 1. The van der Waals surface area contributed by atoms with Crippen LogP contribution in [-0.2, 0) is 4.74 Å². The van der Waals surface area contributed by atoms with E-state index >= 15 is 0 Å². The summed E-state index contributed by atoms with van der Waals surface area (Å²) in [5, 5.41) is 0. The zero-order valence-corrected chi connectivity index (χ0v) is 14.0. The lowest BCUT2D eigenvalue weighted by molar-refractivity contribution is 0.0158. The van der Waals surface area contributed by atoms with Crippen LogP contribution in [0.2, 0.25) is 0 Å². The monoisotopic (exact) mass is 307 g/mol. The second kappa shape index (κ2) is 6.42. The van der Waals surface area contributed by atoms with E-state index in [0.29, 0.717) is 12.4 Å². The minimum absolute atomic E-state index is 0.0663. The van der Waals surface area contributed by atoms with E-state index in [1.807, 2.05) is 45.9 Å². The summed E-state index contributed by atoms with van der Waals surface area (Å²) in [6.07, 6.45) is -0.252. The number of carbonyl (C=O) groups is 1. The van der Waals surface area contributed by atoms with Gasteiger partial charge in [-0.3, -0.25) is 0 Å². The van der Waals surface area contributed by atoms with E-state index < -0.39 is 5.60 Å². The molecule has 1 fully saturated rings. The number of hydrogen-bond acceptors (Lipinski definition) is 5. The maximum Gasteiger partial charge on any atom is 0.410 e. The topological polar surface area (TPSA) is 54.9 Å². The zero-order chi connectivity index (χ0) is 16.3. The van der Waals surface area contributed by atoms with Crippen molar-refractivity contribution in [3.05, 3.63) is 18.2 Å². The molecule has 0 aliphatic carbocycles. The molecule has 6 nitrogen and oxygen atoms in total. The summed E-state index contributed by atoms with van der Waals surface area (Å²) >= 11 is 0. The molecule has 0 N–H and O–H groups in total. The molecule has 6 heteroatoms. The lowest BCUT2D eigenvalue weighted by Gasteiger charge is -2.40. The highest BCUT2D eigenvalue weighted by Crippen LogP contribution is 2.21. The number of amides is 1. The third-order valence-corrected chi connectivity index (χ3v) is 3.50. The van der Waals surface area contributed by atoms with E-state index in [1.165, 1.54) is 0 Å². The van der Waals surface area contributed by atoms with Gasteiger partial charge in [0, 0.05) is 31.7 Å². The molecule has 0 bridgehead atoms. The van der Waals surface area contributed by atoms with Gasteiger partial charge in [-0.15, -0.1) is 0 Å². The molecule has 1 aromatic heterocycles. The van der Waals surface area contributed by atoms with Gasteiger partial charge in [0.1, 0.15) is 11.4 Å². The van der Waals surface area contributed by atoms with Crippen LogP contribution < -0.4 is 9.64 Å². The standard InChI is InChI=1S/C16H25N3O3/c1-12-11-18(13-7-6-8-14(17-13)21-5)9-10-19(12)15(20)22-16(2,3)4/h6-8,12H,9-11H2,1-5H3/t12-/m1/s1. The van der Waals surface area contributed by atoms with E-state index in [0.717, 1.165) is 18.9 Å². The first-order chi connectivity index (χ1) is 10.3. The summed E-state index contributed by atoms with van der Waals surface area (Å²) in [5.41, 5.74) is -0.470. The maximum absolute atomic E-state index is 12.2. The van der Waals surface area contributed by atoms with Gasteiger partial charge >= 0.3 is 6.09 Å². The molecule has 1 amide bonds. The molecule has 1 aliphatic heterocycles. The van der Waals surface area contributed by atoms with Gasteiger partial charge in [0.15, 0.2) is 0 Å². The zero-order valence-electron chi connectivity index (χ0n) is 14.0. The third-order valence-electron chi connectivity index (χ3n) is 3.50. The van der Waals surface area contributed by atoms with Crippen LogP contribution in [0, 0.1) is 0 Å². The van der Waals surface area contributed by atoms with Crippen LogP contribution >= 0.6 is 0 Å². The Balaban J connectivity index is 2.01. The molecule has 0 aromatic carbocycles. The van der Waals surface area contributed by atoms with Gasteiger partial charge in [0.2, 0.25) is 5.88 Å². The number of nitrogens with zero attached hydrogens (tertiary/aromatic N) is 3. The summed E-state index contributed by atoms with van der Waals surface area (Å²) in [4.78, 5) is 20.6. The fourth-order valence-electron chi connectivity index (χ4n) is 2.45. The van der Waals surface area contributed by atoms with Crippen molar-refractivity contribution in [2.75, 3.05) is 31.6 Å². The highest BCUT2D eigenvalue weighted by Gasteiger charge is 2.31. The molecule has 1 aliphatic rings. The van der Waals surface area contributed by atoms with Crippen molar-refractivity contribution in [1.29, 1.82) is 0 Å². The lowest BCUT2D eigenvalue weighted by Crippen LogP contribution is -2.55. The van der Waals surface area contributed by atoms with E-state index in [2.05, 4.69) is 9.88 Å². The first-order valence-corrected chi connectivity index (χ1v) is 7.56. The van der Waals surface area contributed by atoms with Crippen LogP contribution in [0.15, 0.2) is 18.2 Å². The Morgan fingerprint density at radius 1 is 1.32 bits per heavy atom. The number of pyridine rings is 1. The quantitative estimate of drug-likeness (QED) is 0.840. The lowest BCUT2D eigenvalue weighted by atomic mass is 10.2. The molecule has 1 saturated heterocycles. The summed E-state index contributed by atoms with van der Waals surface area (Å²) in [5.74, 6) is 1.47. The summed E-state index contributed by atoms with van der Waals surface area (Å²) < 4.78 is 10.6.